The molecule has 0 unspecified atom stereocenters. The zero-order chi connectivity index (χ0) is 12.5. The van der Waals surface area contributed by atoms with Crippen molar-refractivity contribution in [2.45, 2.75) is 0 Å². The number of nitrogens with two attached hydrogens (primary N) is 1. The van der Waals surface area contributed by atoms with E-state index in [1.54, 1.807) is 17.9 Å². The minimum Gasteiger partial charge on any atom is -0.394 e. The SMILES string of the molecule is Cn1cc(N)c(-n2nnc(-c3ccccc3)n2)n1. The van der Waals surface area contributed by atoms with Gasteiger partial charge in [0, 0.05) is 18.8 Å². The summed E-state index contributed by atoms with van der Waals surface area (Å²) in [6.45, 7) is 0. The van der Waals surface area contributed by atoms with Crippen LogP contribution in [0.25, 0.3) is 17.2 Å². The lowest BCUT2D eigenvalue weighted by atomic mass is 10.2. The second-order valence-corrected chi connectivity index (χ2v) is 3.85. The molecule has 3 aromatic rings. The lowest BCUT2D eigenvalue weighted by Gasteiger charge is -1.93. The van der Waals surface area contributed by atoms with E-state index in [0.717, 1.165) is 5.56 Å². The number of hydrogen-bond acceptors (Lipinski definition) is 5. The van der Waals surface area contributed by atoms with Crippen LogP contribution in [0, 0.1) is 0 Å². The molecule has 0 fully saturated rings. The Labute approximate surface area is 103 Å². The van der Waals surface area contributed by atoms with Gasteiger partial charge in [0.25, 0.3) is 0 Å². The molecule has 18 heavy (non-hydrogen) atoms. The highest BCUT2D eigenvalue weighted by Gasteiger charge is 2.12. The normalized spacial score (nSPS) is 10.7. The molecule has 2 aromatic heterocycles. The fourth-order valence-corrected chi connectivity index (χ4v) is 1.66. The first-order valence-electron chi connectivity index (χ1n) is 5.39. The van der Waals surface area contributed by atoms with Gasteiger partial charge >= 0.3 is 0 Å². The van der Waals surface area contributed by atoms with Gasteiger partial charge in [-0.1, -0.05) is 30.3 Å². The zero-order valence-electron chi connectivity index (χ0n) is 9.72. The molecule has 0 spiro atoms. The van der Waals surface area contributed by atoms with Gasteiger partial charge in [-0.2, -0.15) is 0 Å². The van der Waals surface area contributed by atoms with Crippen molar-refractivity contribution < 1.29 is 0 Å². The summed E-state index contributed by atoms with van der Waals surface area (Å²) in [6.07, 6.45) is 1.70. The Hall–Kier alpha value is -2.70. The van der Waals surface area contributed by atoms with Crippen LogP contribution in [-0.4, -0.2) is 30.0 Å². The number of tetrazole rings is 1. The van der Waals surface area contributed by atoms with Crippen molar-refractivity contribution in [1.82, 2.24) is 30.0 Å². The summed E-state index contributed by atoms with van der Waals surface area (Å²) in [6, 6.07) is 9.62. The Morgan fingerprint density at radius 1 is 1.11 bits per heavy atom. The van der Waals surface area contributed by atoms with Crippen LogP contribution in [0.3, 0.4) is 0 Å². The van der Waals surface area contributed by atoms with Crippen LogP contribution in [0.4, 0.5) is 5.69 Å². The topological polar surface area (TPSA) is 87.4 Å². The summed E-state index contributed by atoms with van der Waals surface area (Å²) in [7, 11) is 1.79. The Kier molecular flexibility index (Phi) is 2.30. The summed E-state index contributed by atoms with van der Waals surface area (Å²) in [5.41, 5.74) is 7.22. The van der Waals surface area contributed by atoms with Crippen molar-refractivity contribution in [2.75, 3.05) is 5.73 Å². The summed E-state index contributed by atoms with van der Waals surface area (Å²) in [4.78, 5) is 1.33. The molecule has 0 saturated carbocycles. The van der Waals surface area contributed by atoms with Crippen LogP contribution in [0.1, 0.15) is 0 Å². The predicted molar refractivity (Wildman–Crippen MR) is 65.8 cm³/mol. The van der Waals surface area contributed by atoms with Gasteiger partial charge < -0.3 is 5.73 Å². The van der Waals surface area contributed by atoms with Crippen LogP contribution in [-0.2, 0) is 7.05 Å². The van der Waals surface area contributed by atoms with Gasteiger partial charge in [-0.15, -0.1) is 20.1 Å². The zero-order valence-corrected chi connectivity index (χ0v) is 9.72. The van der Waals surface area contributed by atoms with Crippen LogP contribution in [0.15, 0.2) is 36.5 Å². The predicted octanol–water partition coefficient (Wildman–Crippen LogP) is 0.645. The molecule has 0 saturated heterocycles. The van der Waals surface area contributed by atoms with E-state index >= 15 is 0 Å². The van der Waals surface area contributed by atoms with E-state index < -0.39 is 0 Å². The Morgan fingerprint density at radius 2 is 1.89 bits per heavy atom. The number of benzene rings is 1. The van der Waals surface area contributed by atoms with Crippen molar-refractivity contribution in [3.63, 3.8) is 0 Å². The maximum Gasteiger partial charge on any atom is 0.220 e. The van der Waals surface area contributed by atoms with Crippen molar-refractivity contribution in [2.24, 2.45) is 7.05 Å². The third-order valence-corrected chi connectivity index (χ3v) is 2.47. The third-order valence-electron chi connectivity index (χ3n) is 2.47. The van der Waals surface area contributed by atoms with Gasteiger partial charge in [0.05, 0.1) is 5.69 Å². The van der Waals surface area contributed by atoms with Crippen molar-refractivity contribution in [3.8, 4) is 17.2 Å². The highest BCUT2D eigenvalue weighted by molar-refractivity contribution is 5.54. The maximum absolute atomic E-state index is 5.81. The first-order valence-corrected chi connectivity index (χ1v) is 5.39. The molecule has 3 rings (SSSR count). The molecular formula is C11H11N7. The molecule has 0 aliphatic carbocycles. The van der Waals surface area contributed by atoms with Gasteiger partial charge in [-0.25, -0.2) is 0 Å². The van der Waals surface area contributed by atoms with E-state index in [1.807, 2.05) is 30.3 Å². The first-order chi connectivity index (χ1) is 8.74. The second-order valence-electron chi connectivity index (χ2n) is 3.85. The highest BCUT2D eigenvalue weighted by Crippen LogP contribution is 2.15. The number of anilines is 1. The molecular weight excluding hydrogens is 230 g/mol. The average Bonchev–Trinajstić information content (AvgIpc) is 2.97. The van der Waals surface area contributed by atoms with E-state index in [0.29, 0.717) is 17.3 Å². The molecule has 0 radical (unpaired) electrons. The van der Waals surface area contributed by atoms with E-state index in [-0.39, 0.29) is 0 Å². The number of aryl methyl sites for hydroxylation is 1. The summed E-state index contributed by atoms with van der Waals surface area (Å²) < 4.78 is 1.61. The van der Waals surface area contributed by atoms with Crippen LogP contribution >= 0.6 is 0 Å². The maximum atomic E-state index is 5.81. The lowest BCUT2D eigenvalue weighted by Crippen LogP contribution is -2.03. The monoisotopic (exact) mass is 241 g/mol. The number of hydrogen-bond donors (Lipinski definition) is 1. The second kappa shape index (κ2) is 3.95. The average molecular weight is 241 g/mol. The molecule has 0 bridgehead atoms. The van der Waals surface area contributed by atoms with Crippen molar-refractivity contribution in [1.29, 1.82) is 0 Å². The minimum atomic E-state index is 0.479. The molecule has 0 atom stereocenters. The molecule has 0 aliphatic heterocycles. The Balaban J connectivity index is 2.02. The van der Waals surface area contributed by atoms with Gasteiger partial charge in [0.1, 0.15) is 0 Å². The van der Waals surface area contributed by atoms with E-state index in [4.69, 9.17) is 5.73 Å². The lowest BCUT2D eigenvalue weighted by molar-refractivity contribution is 0.668. The first kappa shape index (κ1) is 10.5. The van der Waals surface area contributed by atoms with E-state index in [2.05, 4.69) is 20.5 Å². The Morgan fingerprint density at radius 3 is 2.56 bits per heavy atom. The third kappa shape index (κ3) is 1.71. The molecule has 0 amide bonds. The molecule has 7 heteroatoms. The molecule has 2 N–H and O–H groups in total. The van der Waals surface area contributed by atoms with E-state index in [1.165, 1.54) is 4.80 Å². The summed E-state index contributed by atoms with van der Waals surface area (Å²) >= 11 is 0. The fourth-order valence-electron chi connectivity index (χ4n) is 1.66. The van der Waals surface area contributed by atoms with Gasteiger partial charge in [0.15, 0.2) is 0 Å². The van der Waals surface area contributed by atoms with Crippen LogP contribution in [0.2, 0.25) is 0 Å². The van der Waals surface area contributed by atoms with Crippen LogP contribution < -0.4 is 5.73 Å². The molecule has 90 valence electrons. The number of nitrogen functional groups attached to an aromatic ring is 1. The minimum absolute atomic E-state index is 0.479. The van der Waals surface area contributed by atoms with Crippen molar-refractivity contribution in [3.05, 3.63) is 36.5 Å². The smallest absolute Gasteiger partial charge is 0.220 e. The van der Waals surface area contributed by atoms with E-state index in [9.17, 15) is 0 Å². The molecule has 2 heterocycles. The summed E-state index contributed by atoms with van der Waals surface area (Å²) in [5, 5.41) is 16.4. The number of nitrogens with zero attached hydrogens (tertiary/aromatic N) is 6. The van der Waals surface area contributed by atoms with Gasteiger partial charge in [0.2, 0.25) is 11.6 Å². The quantitative estimate of drug-likeness (QED) is 0.711. The molecule has 1 aromatic carbocycles. The fraction of sp³-hybridized carbons (Fsp3) is 0.0909. The van der Waals surface area contributed by atoms with Gasteiger partial charge in [-0.05, 0) is 5.21 Å². The number of aromatic nitrogens is 6. The largest absolute Gasteiger partial charge is 0.394 e. The summed E-state index contributed by atoms with van der Waals surface area (Å²) in [5.74, 6) is 1.02. The van der Waals surface area contributed by atoms with Crippen molar-refractivity contribution >= 4 is 5.69 Å². The Bertz CT molecular complexity index is 668. The standard InChI is InChI=1S/C11H11N7/c1-17-7-9(12)11(15-17)18-14-10(13-16-18)8-5-3-2-4-6-8/h2-7H,12H2,1H3. The number of rotatable bonds is 2. The molecule has 7 nitrogen and oxygen atoms in total. The van der Waals surface area contributed by atoms with Gasteiger partial charge in [-0.3, -0.25) is 4.68 Å². The van der Waals surface area contributed by atoms with Crippen LogP contribution in [0.5, 0.6) is 0 Å². The molecule has 0 aliphatic rings. The highest BCUT2D eigenvalue weighted by atomic mass is 15.6.